The molecule has 2 nitrogen and oxygen atoms in total. The van der Waals surface area contributed by atoms with Gasteiger partial charge in [0.2, 0.25) is 0 Å². The van der Waals surface area contributed by atoms with E-state index in [1.54, 1.807) is 0 Å². The van der Waals surface area contributed by atoms with Gasteiger partial charge in [-0.05, 0) is 25.8 Å². The maximum Gasteiger partial charge on any atom is 0.0212 e. The summed E-state index contributed by atoms with van der Waals surface area (Å²) >= 11 is 0. The minimum Gasteiger partial charge on any atom is -0.261 e. The third-order valence-corrected chi connectivity index (χ3v) is 2.23. The van der Waals surface area contributed by atoms with Crippen molar-refractivity contribution >= 4 is 0 Å². The predicted octanol–water partition coefficient (Wildman–Crippen LogP) is 1.93. The van der Waals surface area contributed by atoms with Crippen molar-refractivity contribution in [3.8, 4) is 0 Å². The van der Waals surface area contributed by atoms with E-state index in [-0.39, 0.29) is 0 Å². The SMILES string of the molecule is CCC(C)C[C@H](CC)NNC. The molecule has 0 rings (SSSR count). The highest BCUT2D eigenvalue weighted by atomic mass is 15.3. The molecule has 0 saturated heterocycles. The average molecular weight is 158 g/mol. The molecule has 11 heavy (non-hydrogen) atoms. The van der Waals surface area contributed by atoms with Crippen LogP contribution in [-0.2, 0) is 0 Å². The van der Waals surface area contributed by atoms with E-state index in [0.717, 1.165) is 5.92 Å². The molecule has 1 unspecified atom stereocenters. The van der Waals surface area contributed by atoms with Crippen LogP contribution in [0.25, 0.3) is 0 Å². The molecule has 0 aromatic rings. The van der Waals surface area contributed by atoms with E-state index in [9.17, 15) is 0 Å². The number of hydrazine groups is 1. The predicted molar refractivity (Wildman–Crippen MR) is 50.3 cm³/mol. The van der Waals surface area contributed by atoms with E-state index in [4.69, 9.17) is 0 Å². The van der Waals surface area contributed by atoms with Crippen LogP contribution in [-0.4, -0.2) is 13.1 Å². The molecule has 0 saturated carbocycles. The van der Waals surface area contributed by atoms with Crippen LogP contribution in [0.1, 0.15) is 40.0 Å². The monoisotopic (exact) mass is 158 g/mol. The number of rotatable bonds is 6. The second-order valence-corrected chi connectivity index (χ2v) is 3.25. The highest BCUT2D eigenvalue weighted by Crippen LogP contribution is 2.10. The van der Waals surface area contributed by atoms with Crippen molar-refractivity contribution in [1.29, 1.82) is 0 Å². The molecule has 2 atom stereocenters. The summed E-state index contributed by atoms with van der Waals surface area (Å²) < 4.78 is 0. The fraction of sp³-hybridized carbons (Fsp3) is 1.00. The van der Waals surface area contributed by atoms with E-state index < -0.39 is 0 Å². The Morgan fingerprint density at radius 3 is 2.18 bits per heavy atom. The molecule has 2 heteroatoms. The first-order chi connectivity index (χ1) is 5.24. The van der Waals surface area contributed by atoms with Crippen LogP contribution in [0.5, 0.6) is 0 Å². The highest BCUT2D eigenvalue weighted by Gasteiger charge is 2.07. The fourth-order valence-corrected chi connectivity index (χ4v) is 1.18. The van der Waals surface area contributed by atoms with Crippen molar-refractivity contribution in [2.24, 2.45) is 5.92 Å². The zero-order chi connectivity index (χ0) is 8.69. The second kappa shape index (κ2) is 6.62. The normalized spacial score (nSPS) is 16.4. The summed E-state index contributed by atoms with van der Waals surface area (Å²) in [7, 11) is 1.93. The molecule has 0 fully saturated rings. The van der Waals surface area contributed by atoms with Crippen molar-refractivity contribution < 1.29 is 0 Å². The van der Waals surface area contributed by atoms with Crippen molar-refractivity contribution in [1.82, 2.24) is 10.9 Å². The molecule has 0 aromatic heterocycles. The summed E-state index contributed by atoms with van der Waals surface area (Å²) in [5.41, 5.74) is 6.25. The first-order valence-electron chi connectivity index (χ1n) is 4.66. The summed E-state index contributed by atoms with van der Waals surface area (Å²) in [4.78, 5) is 0. The standard InChI is InChI=1S/C9H22N2/c1-5-8(3)7-9(6-2)11-10-4/h8-11H,5-7H2,1-4H3/t8?,9-/m0/s1. The van der Waals surface area contributed by atoms with Gasteiger partial charge in [-0.2, -0.15) is 0 Å². The summed E-state index contributed by atoms with van der Waals surface area (Å²) in [6, 6.07) is 0.634. The molecule has 0 radical (unpaired) electrons. The van der Waals surface area contributed by atoms with Gasteiger partial charge in [-0.3, -0.25) is 10.9 Å². The molecule has 68 valence electrons. The summed E-state index contributed by atoms with van der Waals surface area (Å²) in [6.07, 6.45) is 3.75. The second-order valence-electron chi connectivity index (χ2n) is 3.25. The van der Waals surface area contributed by atoms with Crippen molar-refractivity contribution in [2.75, 3.05) is 7.05 Å². The van der Waals surface area contributed by atoms with Gasteiger partial charge >= 0.3 is 0 Å². The van der Waals surface area contributed by atoms with E-state index in [1.807, 2.05) is 7.05 Å². The molecular formula is C9H22N2. The molecular weight excluding hydrogens is 136 g/mol. The third kappa shape index (κ3) is 5.22. The molecule has 0 aliphatic rings. The van der Waals surface area contributed by atoms with Gasteiger partial charge in [-0.1, -0.05) is 27.2 Å². The van der Waals surface area contributed by atoms with E-state index in [2.05, 4.69) is 31.6 Å². The fourth-order valence-electron chi connectivity index (χ4n) is 1.18. The molecule has 0 aromatic carbocycles. The van der Waals surface area contributed by atoms with Crippen LogP contribution in [0.15, 0.2) is 0 Å². The molecule has 0 heterocycles. The lowest BCUT2D eigenvalue weighted by Gasteiger charge is -2.19. The van der Waals surface area contributed by atoms with Crippen LogP contribution in [0.2, 0.25) is 0 Å². The van der Waals surface area contributed by atoms with Crippen LogP contribution in [0.4, 0.5) is 0 Å². The summed E-state index contributed by atoms with van der Waals surface area (Å²) in [5.74, 6) is 0.834. The maximum absolute atomic E-state index is 3.25. The van der Waals surface area contributed by atoms with Gasteiger partial charge in [-0.15, -0.1) is 0 Å². The number of hydrogen-bond acceptors (Lipinski definition) is 2. The van der Waals surface area contributed by atoms with Crippen LogP contribution < -0.4 is 10.9 Å². The zero-order valence-electron chi connectivity index (χ0n) is 8.28. The molecule has 0 aliphatic carbocycles. The Bertz CT molecular complexity index is 83.6. The van der Waals surface area contributed by atoms with Gasteiger partial charge in [-0.25, -0.2) is 0 Å². The van der Waals surface area contributed by atoms with Crippen molar-refractivity contribution in [2.45, 2.75) is 46.1 Å². The molecule has 0 spiro atoms. The minimum atomic E-state index is 0.634. The van der Waals surface area contributed by atoms with Gasteiger partial charge in [0.25, 0.3) is 0 Å². The maximum atomic E-state index is 3.25. The van der Waals surface area contributed by atoms with E-state index in [1.165, 1.54) is 19.3 Å². The third-order valence-electron chi connectivity index (χ3n) is 2.23. The Kier molecular flexibility index (Phi) is 6.57. The van der Waals surface area contributed by atoms with Gasteiger partial charge in [0.1, 0.15) is 0 Å². The lowest BCUT2D eigenvalue weighted by molar-refractivity contribution is 0.360. The Balaban J connectivity index is 3.49. The highest BCUT2D eigenvalue weighted by molar-refractivity contribution is 4.64. The van der Waals surface area contributed by atoms with E-state index in [0.29, 0.717) is 6.04 Å². The Hall–Kier alpha value is -0.0800. The first-order valence-corrected chi connectivity index (χ1v) is 4.66. The smallest absolute Gasteiger partial charge is 0.0212 e. The minimum absolute atomic E-state index is 0.634. The zero-order valence-corrected chi connectivity index (χ0v) is 8.28. The Labute approximate surface area is 70.7 Å². The van der Waals surface area contributed by atoms with Crippen LogP contribution in [0.3, 0.4) is 0 Å². The van der Waals surface area contributed by atoms with Crippen LogP contribution in [0, 0.1) is 5.92 Å². The Morgan fingerprint density at radius 1 is 1.18 bits per heavy atom. The molecule has 2 N–H and O–H groups in total. The molecule has 0 aliphatic heterocycles. The lowest BCUT2D eigenvalue weighted by Crippen LogP contribution is -2.38. The lowest BCUT2D eigenvalue weighted by atomic mass is 9.98. The summed E-state index contributed by atoms with van der Waals surface area (Å²) in [6.45, 7) is 6.77. The topological polar surface area (TPSA) is 24.1 Å². The first kappa shape index (κ1) is 10.9. The Morgan fingerprint density at radius 2 is 1.82 bits per heavy atom. The molecule has 0 amide bonds. The van der Waals surface area contributed by atoms with Gasteiger partial charge in [0.05, 0.1) is 0 Å². The average Bonchev–Trinajstić information content (AvgIpc) is 2.03. The number of nitrogens with one attached hydrogen (secondary N) is 2. The summed E-state index contributed by atoms with van der Waals surface area (Å²) in [5, 5.41) is 0. The largest absolute Gasteiger partial charge is 0.261 e. The number of hydrogen-bond donors (Lipinski definition) is 2. The van der Waals surface area contributed by atoms with Gasteiger partial charge < -0.3 is 0 Å². The van der Waals surface area contributed by atoms with Crippen molar-refractivity contribution in [3.05, 3.63) is 0 Å². The van der Waals surface area contributed by atoms with Gasteiger partial charge in [0, 0.05) is 6.04 Å². The quantitative estimate of drug-likeness (QED) is 0.577. The van der Waals surface area contributed by atoms with Gasteiger partial charge in [0.15, 0.2) is 0 Å². The molecule has 0 bridgehead atoms. The van der Waals surface area contributed by atoms with Crippen molar-refractivity contribution in [3.63, 3.8) is 0 Å². The van der Waals surface area contributed by atoms with Crippen LogP contribution >= 0.6 is 0 Å². The van der Waals surface area contributed by atoms with E-state index >= 15 is 0 Å².